The van der Waals surface area contributed by atoms with Crippen LogP contribution in [0.5, 0.6) is 0 Å². The van der Waals surface area contributed by atoms with Crippen LogP contribution in [0.1, 0.15) is 36.6 Å². The second kappa shape index (κ2) is 8.93. The molecule has 4 rings (SSSR count). The first kappa shape index (κ1) is 21.1. The molecule has 1 atom stereocenters. The van der Waals surface area contributed by atoms with E-state index in [0.29, 0.717) is 22.4 Å². The van der Waals surface area contributed by atoms with Crippen molar-refractivity contribution in [2.75, 3.05) is 11.9 Å². The molecular formula is C23H23FN4O2S. The molecule has 0 radical (unpaired) electrons. The van der Waals surface area contributed by atoms with E-state index in [-0.39, 0.29) is 12.4 Å². The van der Waals surface area contributed by atoms with Gasteiger partial charge in [0.1, 0.15) is 11.9 Å². The Morgan fingerprint density at radius 3 is 2.71 bits per heavy atom. The van der Waals surface area contributed by atoms with Gasteiger partial charge in [0, 0.05) is 11.4 Å². The van der Waals surface area contributed by atoms with E-state index >= 15 is 0 Å². The molecule has 1 aromatic heterocycles. The molecule has 3 aromatic rings. The summed E-state index contributed by atoms with van der Waals surface area (Å²) < 4.78 is 20.5. The van der Waals surface area contributed by atoms with Crippen molar-refractivity contribution in [3.05, 3.63) is 82.3 Å². The van der Waals surface area contributed by atoms with E-state index in [4.69, 9.17) is 4.74 Å². The highest BCUT2D eigenvalue weighted by atomic mass is 32.2. The molecule has 2 aromatic carbocycles. The lowest BCUT2D eigenvalue weighted by Crippen LogP contribution is -2.29. The first-order valence-corrected chi connectivity index (χ1v) is 11.0. The Labute approximate surface area is 184 Å². The Morgan fingerprint density at radius 2 is 2.00 bits per heavy atom. The third kappa shape index (κ3) is 4.49. The fraction of sp³-hybridized carbons (Fsp3) is 0.261. The SMILES string of the molecule is CCOC(=O)C1=C(C)Nc2nc(SCc3cccc(C)c3)nn2[C@H]1c1ccc(F)cc1. The molecule has 0 fully saturated rings. The molecule has 160 valence electrons. The number of anilines is 1. The van der Waals surface area contributed by atoms with E-state index in [1.54, 1.807) is 30.7 Å². The fourth-order valence-electron chi connectivity index (χ4n) is 3.57. The van der Waals surface area contributed by atoms with Crippen LogP contribution >= 0.6 is 11.8 Å². The zero-order chi connectivity index (χ0) is 22.0. The summed E-state index contributed by atoms with van der Waals surface area (Å²) in [6.07, 6.45) is 0. The summed E-state index contributed by atoms with van der Waals surface area (Å²) in [7, 11) is 0. The highest BCUT2D eigenvalue weighted by Crippen LogP contribution is 2.37. The van der Waals surface area contributed by atoms with Gasteiger partial charge >= 0.3 is 5.97 Å². The molecule has 1 aliphatic rings. The number of nitrogens with zero attached hydrogens (tertiary/aromatic N) is 3. The van der Waals surface area contributed by atoms with Gasteiger partial charge in [-0.05, 0) is 44.0 Å². The van der Waals surface area contributed by atoms with Gasteiger partial charge in [0.25, 0.3) is 0 Å². The number of ether oxygens (including phenoxy) is 1. The first-order chi connectivity index (χ1) is 15.0. The molecule has 0 amide bonds. The molecule has 0 spiro atoms. The van der Waals surface area contributed by atoms with Gasteiger partial charge in [-0.2, -0.15) is 4.98 Å². The summed E-state index contributed by atoms with van der Waals surface area (Å²) in [5.74, 6) is 0.483. The summed E-state index contributed by atoms with van der Waals surface area (Å²) in [4.78, 5) is 17.4. The Bertz CT molecular complexity index is 1140. The van der Waals surface area contributed by atoms with Crippen molar-refractivity contribution in [3.8, 4) is 0 Å². The lowest BCUT2D eigenvalue weighted by molar-refractivity contribution is -0.139. The summed E-state index contributed by atoms with van der Waals surface area (Å²) in [5, 5.41) is 8.43. The zero-order valence-corrected chi connectivity index (χ0v) is 18.4. The van der Waals surface area contributed by atoms with Crippen molar-refractivity contribution in [3.63, 3.8) is 0 Å². The van der Waals surface area contributed by atoms with E-state index in [9.17, 15) is 9.18 Å². The predicted molar refractivity (Wildman–Crippen MR) is 118 cm³/mol. The fourth-order valence-corrected chi connectivity index (χ4v) is 4.34. The lowest BCUT2D eigenvalue weighted by atomic mass is 9.96. The highest BCUT2D eigenvalue weighted by Gasteiger charge is 2.35. The smallest absolute Gasteiger partial charge is 0.338 e. The molecule has 0 unspecified atom stereocenters. The van der Waals surface area contributed by atoms with Crippen molar-refractivity contribution in [1.29, 1.82) is 0 Å². The van der Waals surface area contributed by atoms with E-state index in [2.05, 4.69) is 40.5 Å². The van der Waals surface area contributed by atoms with Gasteiger partial charge in [-0.15, -0.1) is 5.10 Å². The van der Waals surface area contributed by atoms with Gasteiger partial charge in [-0.3, -0.25) is 0 Å². The Balaban J connectivity index is 1.68. The normalized spacial score (nSPS) is 15.4. The summed E-state index contributed by atoms with van der Waals surface area (Å²) in [5.41, 5.74) is 4.19. The molecular weight excluding hydrogens is 415 g/mol. The maximum absolute atomic E-state index is 13.5. The van der Waals surface area contributed by atoms with E-state index in [1.165, 1.54) is 35.0 Å². The minimum absolute atomic E-state index is 0.257. The number of rotatable bonds is 6. The molecule has 1 aliphatic heterocycles. The second-order valence-electron chi connectivity index (χ2n) is 7.28. The van der Waals surface area contributed by atoms with Gasteiger partial charge in [0.2, 0.25) is 11.1 Å². The maximum Gasteiger partial charge on any atom is 0.338 e. The number of hydrogen-bond donors (Lipinski definition) is 1. The average Bonchev–Trinajstić information content (AvgIpc) is 3.14. The Morgan fingerprint density at radius 1 is 1.23 bits per heavy atom. The van der Waals surface area contributed by atoms with Crippen LogP contribution in [0.25, 0.3) is 0 Å². The van der Waals surface area contributed by atoms with E-state index < -0.39 is 12.0 Å². The Kier molecular flexibility index (Phi) is 6.08. The van der Waals surface area contributed by atoms with Crippen molar-refractivity contribution in [1.82, 2.24) is 14.8 Å². The van der Waals surface area contributed by atoms with Crippen molar-refractivity contribution >= 4 is 23.7 Å². The van der Waals surface area contributed by atoms with Gasteiger partial charge in [-0.1, -0.05) is 53.7 Å². The molecule has 31 heavy (non-hydrogen) atoms. The summed E-state index contributed by atoms with van der Waals surface area (Å²) in [6, 6.07) is 13.8. The molecule has 0 bridgehead atoms. The maximum atomic E-state index is 13.5. The zero-order valence-electron chi connectivity index (χ0n) is 17.6. The van der Waals surface area contributed by atoms with Crippen LogP contribution in [0.3, 0.4) is 0 Å². The van der Waals surface area contributed by atoms with Crippen molar-refractivity contribution in [2.45, 2.75) is 37.7 Å². The standard InChI is InChI=1S/C23H23FN4O2S/c1-4-30-21(29)19-15(3)25-22-26-23(31-13-16-7-5-6-14(2)12-16)27-28(22)20(19)17-8-10-18(24)11-9-17/h5-12,20H,4,13H2,1-3H3,(H,25,26,27)/t20-/m0/s1. The largest absolute Gasteiger partial charge is 0.463 e. The number of halogens is 1. The number of hydrogen-bond acceptors (Lipinski definition) is 6. The van der Waals surface area contributed by atoms with E-state index in [0.717, 1.165) is 11.3 Å². The summed E-state index contributed by atoms with van der Waals surface area (Å²) >= 11 is 1.52. The van der Waals surface area contributed by atoms with Crippen LogP contribution in [0.15, 0.2) is 65.0 Å². The monoisotopic (exact) mass is 438 g/mol. The van der Waals surface area contributed by atoms with Gasteiger partial charge < -0.3 is 10.1 Å². The molecule has 0 saturated heterocycles. The quantitative estimate of drug-likeness (QED) is 0.437. The number of carbonyl (C=O) groups is 1. The van der Waals surface area contributed by atoms with E-state index in [1.807, 2.05) is 6.07 Å². The average molecular weight is 439 g/mol. The van der Waals surface area contributed by atoms with Crippen LogP contribution in [0.2, 0.25) is 0 Å². The number of nitrogens with one attached hydrogen (secondary N) is 1. The molecule has 2 heterocycles. The van der Waals surface area contributed by atoms with Crippen LogP contribution in [0, 0.1) is 12.7 Å². The van der Waals surface area contributed by atoms with Crippen molar-refractivity contribution in [2.24, 2.45) is 0 Å². The molecule has 0 saturated carbocycles. The van der Waals surface area contributed by atoms with Gasteiger partial charge in [-0.25, -0.2) is 13.9 Å². The second-order valence-corrected chi connectivity index (χ2v) is 8.22. The number of allylic oxidation sites excluding steroid dienone is 1. The number of carbonyl (C=O) groups excluding carboxylic acids is 1. The van der Waals surface area contributed by atoms with Crippen LogP contribution in [-0.4, -0.2) is 27.3 Å². The number of benzene rings is 2. The third-order valence-corrected chi connectivity index (χ3v) is 5.87. The lowest BCUT2D eigenvalue weighted by Gasteiger charge is -2.28. The summed E-state index contributed by atoms with van der Waals surface area (Å²) in [6.45, 7) is 5.89. The van der Waals surface area contributed by atoms with Crippen molar-refractivity contribution < 1.29 is 13.9 Å². The van der Waals surface area contributed by atoms with Crippen LogP contribution < -0.4 is 5.32 Å². The number of esters is 1. The van der Waals surface area contributed by atoms with Gasteiger partial charge in [0.15, 0.2) is 0 Å². The third-order valence-electron chi connectivity index (χ3n) is 4.96. The predicted octanol–water partition coefficient (Wildman–Crippen LogP) is 4.87. The molecule has 6 nitrogen and oxygen atoms in total. The number of thioether (sulfide) groups is 1. The van der Waals surface area contributed by atoms with Crippen LogP contribution in [-0.2, 0) is 15.3 Å². The first-order valence-electron chi connectivity index (χ1n) is 10.0. The minimum Gasteiger partial charge on any atom is -0.463 e. The minimum atomic E-state index is -0.559. The molecule has 1 N–H and O–H groups in total. The van der Waals surface area contributed by atoms with Crippen LogP contribution in [0.4, 0.5) is 10.3 Å². The topological polar surface area (TPSA) is 69.0 Å². The number of aromatic nitrogens is 3. The number of aryl methyl sites for hydroxylation is 1. The van der Waals surface area contributed by atoms with Gasteiger partial charge in [0.05, 0.1) is 12.2 Å². The highest BCUT2D eigenvalue weighted by molar-refractivity contribution is 7.98. The molecule has 8 heteroatoms. The Hall–Kier alpha value is -3.13. The number of fused-ring (bicyclic) bond motifs is 1. The molecule has 0 aliphatic carbocycles.